The summed E-state index contributed by atoms with van der Waals surface area (Å²) in [6.45, 7) is 0.980. The van der Waals surface area contributed by atoms with Crippen LogP contribution in [-0.4, -0.2) is 51.5 Å². The number of hydrogen-bond donors (Lipinski definition) is 0. The van der Waals surface area contributed by atoms with Crippen LogP contribution in [0.25, 0.3) is 0 Å². The van der Waals surface area contributed by atoms with Crippen molar-refractivity contribution in [2.24, 2.45) is 0 Å². The summed E-state index contributed by atoms with van der Waals surface area (Å²) >= 11 is 5.65. The molecule has 5 heteroatoms. The van der Waals surface area contributed by atoms with Crippen LogP contribution in [0.4, 0.5) is 0 Å². The molecule has 0 N–H and O–H groups in total. The van der Waals surface area contributed by atoms with Gasteiger partial charge in [-0.3, -0.25) is 4.79 Å². The van der Waals surface area contributed by atoms with E-state index in [9.17, 15) is 4.79 Å². The Morgan fingerprint density at radius 3 is 2.79 bits per heavy atom. The van der Waals surface area contributed by atoms with Crippen molar-refractivity contribution in [2.75, 3.05) is 35.4 Å². The Kier molecular flexibility index (Phi) is 4.38. The predicted octanol–water partition coefficient (Wildman–Crippen LogP) is 1.76. The molecule has 0 aromatic carbocycles. The summed E-state index contributed by atoms with van der Waals surface area (Å²) in [6, 6.07) is 0. The first-order chi connectivity index (χ1) is 6.88. The number of amides is 1. The number of rotatable bonds is 1. The molecule has 0 spiro atoms. The first-order valence-corrected chi connectivity index (χ1v) is 8.29. The van der Waals surface area contributed by atoms with E-state index >= 15 is 0 Å². The molecule has 2 fully saturated rings. The fraction of sp³-hybridized carbons (Fsp3) is 0.889. The molecule has 0 aromatic heterocycles. The molecule has 14 heavy (non-hydrogen) atoms. The van der Waals surface area contributed by atoms with E-state index in [-0.39, 0.29) is 5.25 Å². The maximum absolute atomic E-state index is 12.0. The molecule has 0 aliphatic carbocycles. The maximum atomic E-state index is 12.0. The summed E-state index contributed by atoms with van der Waals surface area (Å²) in [4.78, 5) is 14.1. The van der Waals surface area contributed by atoms with Gasteiger partial charge in [0.05, 0.1) is 11.1 Å². The predicted molar refractivity (Wildman–Crippen MR) is 67.2 cm³/mol. The van der Waals surface area contributed by atoms with Crippen molar-refractivity contribution in [3.05, 3.63) is 0 Å². The van der Waals surface area contributed by atoms with E-state index in [4.69, 9.17) is 0 Å². The van der Waals surface area contributed by atoms with Gasteiger partial charge in [-0.2, -0.15) is 11.8 Å². The fourth-order valence-corrected chi connectivity index (χ4v) is 5.17. The topological polar surface area (TPSA) is 20.3 Å². The highest BCUT2D eigenvalue weighted by atomic mass is 32.2. The van der Waals surface area contributed by atoms with Gasteiger partial charge in [0.15, 0.2) is 0 Å². The van der Waals surface area contributed by atoms with Gasteiger partial charge >= 0.3 is 0 Å². The average Bonchev–Trinajstić information content (AvgIpc) is 2.30. The molecule has 1 amide bonds. The second kappa shape index (κ2) is 5.56. The molecule has 1 atom stereocenters. The number of hydrogen-bond acceptors (Lipinski definition) is 4. The van der Waals surface area contributed by atoms with Crippen LogP contribution < -0.4 is 0 Å². The van der Waals surface area contributed by atoms with E-state index in [1.54, 1.807) is 0 Å². The normalized spacial score (nSPS) is 28.9. The lowest BCUT2D eigenvalue weighted by atomic mass is 10.3. The summed E-state index contributed by atoms with van der Waals surface area (Å²) in [5, 5.41) is 0.243. The molecule has 2 rings (SSSR count). The van der Waals surface area contributed by atoms with Crippen LogP contribution in [0, 0.1) is 0 Å². The van der Waals surface area contributed by atoms with Crippen molar-refractivity contribution in [2.45, 2.75) is 11.7 Å². The zero-order chi connectivity index (χ0) is 9.80. The highest BCUT2D eigenvalue weighted by Gasteiger charge is 2.27. The molecule has 2 aliphatic rings. The van der Waals surface area contributed by atoms with Gasteiger partial charge in [0.25, 0.3) is 0 Å². The molecule has 0 saturated carbocycles. The van der Waals surface area contributed by atoms with Gasteiger partial charge in [-0.1, -0.05) is 0 Å². The number of nitrogens with zero attached hydrogens (tertiary/aromatic N) is 1. The number of carbonyl (C=O) groups excluding carboxylic acids is 1. The van der Waals surface area contributed by atoms with Gasteiger partial charge in [0.1, 0.15) is 0 Å². The minimum absolute atomic E-state index is 0.243. The molecule has 2 heterocycles. The highest BCUT2D eigenvalue weighted by molar-refractivity contribution is 8.07. The summed E-state index contributed by atoms with van der Waals surface area (Å²) < 4.78 is 0. The molecule has 0 aromatic rings. The smallest absolute Gasteiger partial charge is 0.237 e. The monoisotopic (exact) mass is 249 g/mol. The molecule has 80 valence electrons. The molecule has 2 aliphatic heterocycles. The highest BCUT2D eigenvalue weighted by Crippen LogP contribution is 2.27. The van der Waals surface area contributed by atoms with Crippen LogP contribution in [-0.2, 0) is 4.79 Å². The van der Waals surface area contributed by atoms with Crippen molar-refractivity contribution in [3.63, 3.8) is 0 Å². The molecule has 1 unspecified atom stereocenters. The van der Waals surface area contributed by atoms with E-state index in [1.165, 1.54) is 17.9 Å². The Labute approximate surface area is 97.9 Å². The lowest BCUT2D eigenvalue weighted by Gasteiger charge is -2.31. The first kappa shape index (κ1) is 11.0. The van der Waals surface area contributed by atoms with Gasteiger partial charge in [-0.05, 0) is 12.2 Å². The minimum atomic E-state index is 0.243. The Morgan fingerprint density at radius 2 is 2.14 bits per heavy atom. The largest absolute Gasteiger partial charge is 0.332 e. The second-order valence-corrected chi connectivity index (χ2v) is 6.96. The van der Waals surface area contributed by atoms with Crippen molar-refractivity contribution in [1.82, 2.24) is 4.90 Å². The zero-order valence-corrected chi connectivity index (χ0v) is 10.6. The van der Waals surface area contributed by atoms with Crippen LogP contribution in [0.15, 0.2) is 0 Å². The van der Waals surface area contributed by atoms with E-state index in [2.05, 4.69) is 0 Å². The standard InChI is InChI=1S/C9H15NOS3/c11-9(8-6-12-4-5-14-8)10-2-1-3-13-7-10/h8H,1-7H2. The minimum Gasteiger partial charge on any atom is -0.332 e. The zero-order valence-electron chi connectivity index (χ0n) is 8.11. The average molecular weight is 249 g/mol. The van der Waals surface area contributed by atoms with Crippen LogP contribution in [0.3, 0.4) is 0 Å². The lowest BCUT2D eigenvalue weighted by Crippen LogP contribution is -2.42. The summed E-state index contributed by atoms with van der Waals surface area (Å²) in [5.41, 5.74) is 0. The van der Waals surface area contributed by atoms with Gasteiger partial charge in [0.2, 0.25) is 5.91 Å². The first-order valence-electron chi connectivity index (χ1n) is 4.94. The number of thioether (sulfide) groups is 3. The molecular weight excluding hydrogens is 234 g/mol. The summed E-state index contributed by atoms with van der Waals surface area (Å²) in [6.07, 6.45) is 1.17. The van der Waals surface area contributed by atoms with Crippen LogP contribution in [0.1, 0.15) is 6.42 Å². The van der Waals surface area contributed by atoms with Crippen LogP contribution >= 0.6 is 35.3 Å². The molecule has 0 radical (unpaired) electrons. The van der Waals surface area contributed by atoms with Crippen molar-refractivity contribution in [3.8, 4) is 0 Å². The Bertz CT molecular complexity index is 180. The lowest BCUT2D eigenvalue weighted by molar-refractivity contribution is -0.129. The van der Waals surface area contributed by atoms with E-state index in [0.29, 0.717) is 5.91 Å². The Balaban J connectivity index is 1.85. The van der Waals surface area contributed by atoms with Gasteiger partial charge in [-0.25, -0.2) is 0 Å². The second-order valence-electron chi connectivity index (χ2n) is 3.43. The Hall–Kier alpha value is 0.520. The third-order valence-electron chi connectivity index (χ3n) is 2.37. The quantitative estimate of drug-likeness (QED) is 0.705. The van der Waals surface area contributed by atoms with E-state index in [1.807, 2.05) is 40.2 Å². The van der Waals surface area contributed by atoms with Crippen molar-refractivity contribution in [1.29, 1.82) is 0 Å². The molecular formula is C9H15NOS3. The van der Waals surface area contributed by atoms with Crippen LogP contribution in [0.2, 0.25) is 0 Å². The van der Waals surface area contributed by atoms with Gasteiger partial charge in [0, 0.05) is 23.8 Å². The molecule has 2 nitrogen and oxygen atoms in total. The maximum Gasteiger partial charge on any atom is 0.237 e. The SMILES string of the molecule is O=C(C1CSCCS1)N1CCCSC1. The van der Waals surface area contributed by atoms with Crippen LogP contribution in [0.5, 0.6) is 0 Å². The van der Waals surface area contributed by atoms with E-state index < -0.39 is 0 Å². The third-order valence-corrected chi connectivity index (χ3v) is 6.18. The van der Waals surface area contributed by atoms with Crippen molar-refractivity contribution >= 4 is 41.2 Å². The van der Waals surface area contributed by atoms with Gasteiger partial charge < -0.3 is 4.90 Å². The molecule has 2 saturated heterocycles. The summed E-state index contributed by atoms with van der Waals surface area (Å²) in [7, 11) is 0. The van der Waals surface area contributed by atoms with Gasteiger partial charge in [-0.15, -0.1) is 23.5 Å². The third kappa shape index (κ3) is 2.76. The fourth-order valence-electron chi connectivity index (χ4n) is 1.60. The Morgan fingerprint density at radius 1 is 1.21 bits per heavy atom. The molecule has 0 bridgehead atoms. The van der Waals surface area contributed by atoms with Crippen molar-refractivity contribution < 1.29 is 4.79 Å². The van der Waals surface area contributed by atoms with E-state index in [0.717, 1.165) is 23.9 Å². The summed E-state index contributed by atoms with van der Waals surface area (Å²) in [5.74, 6) is 5.89. The number of carbonyl (C=O) groups is 1.